The van der Waals surface area contributed by atoms with E-state index in [9.17, 15) is 22.8 Å². The standard InChI is InChI=1S/C28H26N2O5S/c1-30(19-8-3-2-4-9-19)36(34,35)20-16-14-18(15-17-20)28(33)29-24-13-7-12-23-25(24)27(32)22-11-6-5-10-21(22)26(23)31/h5-7,10-17,19H,2-4,8-9H2,1H3,(H,29,33). The average Bonchev–Trinajstić information content (AvgIpc) is 2.91. The van der Waals surface area contributed by atoms with Crippen LogP contribution in [0.5, 0.6) is 0 Å². The van der Waals surface area contributed by atoms with Gasteiger partial charge in [-0.05, 0) is 43.2 Å². The van der Waals surface area contributed by atoms with Crippen molar-refractivity contribution in [2.45, 2.75) is 43.0 Å². The number of carbonyl (C=O) groups excluding carboxylic acids is 3. The smallest absolute Gasteiger partial charge is 0.255 e. The van der Waals surface area contributed by atoms with E-state index in [1.807, 2.05) is 0 Å². The summed E-state index contributed by atoms with van der Waals surface area (Å²) in [5, 5.41) is 2.73. The van der Waals surface area contributed by atoms with E-state index in [0.29, 0.717) is 11.1 Å². The fourth-order valence-corrected chi connectivity index (χ4v) is 6.45. The van der Waals surface area contributed by atoms with Gasteiger partial charge in [-0.25, -0.2) is 8.42 Å². The van der Waals surface area contributed by atoms with Crippen molar-refractivity contribution in [3.63, 3.8) is 0 Å². The van der Waals surface area contributed by atoms with Gasteiger partial charge in [-0.3, -0.25) is 14.4 Å². The maximum Gasteiger partial charge on any atom is 0.255 e. The predicted octanol–water partition coefficient (Wildman–Crippen LogP) is 4.67. The molecule has 0 unspecified atom stereocenters. The number of nitrogens with one attached hydrogen (secondary N) is 1. The van der Waals surface area contributed by atoms with Crippen LogP contribution in [0.1, 0.15) is 74.3 Å². The van der Waals surface area contributed by atoms with Crippen molar-refractivity contribution >= 4 is 33.2 Å². The van der Waals surface area contributed by atoms with Crippen molar-refractivity contribution in [1.82, 2.24) is 4.31 Å². The first-order valence-corrected chi connectivity index (χ1v) is 13.4. The summed E-state index contributed by atoms with van der Waals surface area (Å²) in [5.74, 6) is -1.11. The zero-order valence-corrected chi connectivity index (χ0v) is 20.7. The zero-order chi connectivity index (χ0) is 25.4. The van der Waals surface area contributed by atoms with E-state index in [1.165, 1.54) is 28.6 Å². The minimum absolute atomic E-state index is 0.0126. The SMILES string of the molecule is CN(C1CCCCC1)S(=O)(=O)c1ccc(C(=O)Nc2cccc3c2C(=O)c2ccccc2C3=O)cc1. The van der Waals surface area contributed by atoms with Gasteiger partial charge < -0.3 is 5.32 Å². The maximum atomic E-state index is 13.2. The van der Waals surface area contributed by atoms with Gasteiger partial charge in [-0.15, -0.1) is 0 Å². The molecule has 5 rings (SSSR count). The first-order chi connectivity index (χ1) is 17.3. The average molecular weight is 503 g/mol. The zero-order valence-electron chi connectivity index (χ0n) is 19.9. The Morgan fingerprint density at radius 2 is 1.42 bits per heavy atom. The molecule has 0 bridgehead atoms. The second-order valence-electron chi connectivity index (χ2n) is 9.22. The Morgan fingerprint density at radius 1 is 0.806 bits per heavy atom. The van der Waals surface area contributed by atoms with Gasteiger partial charge in [0.25, 0.3) is 5.91 Å². The lowest BCUT2D eigenvalue weighted by molar-refractivity contribution is 0.0978. The van der Waals surface area contributed by atoms with Crippen LogP contribution in [0.2, 0.25) is 0 Å². The Bertz CT molecular complexity index is 1470. The molecule has 1 saturated carbocycles. The normalized spacial score (nSPS) is 15.9. The molecule has 0 spiro atoms. The van der Waals surface area contributed by atoms with Crippen LogP contribution >= 0.6 is 0 Å². The van der Waals surface area contributed by atoms with Crippen molar-refractivity contribution in [1.29, 1.82) is 0 Å². The molecule has 1 amide bonds. The van der Waals surface area contributed by atoms with E-state index in [-0.39, 0.29) is 44.9 Å². The van der Waals surface area contributed by atoms with Gasteiger partial charge in [-0.1, -0.05) is 55.7 Å². The Balaban J connectivity index is 1.38. The largest absolute Gasteiger partial charge is 0.321 e. The molecule has 3 aromatic carbocycles. The molecule has 1 N–H and O–H groups in total. The van der Waals surface area contributed by atoms with Crippen molar-refractivity contribution in [2.75, 3.05) is 12.4 Å². The number of ketones is 2. The molecule has 1 fully saturated rings. The topological polar surface area (TPSA) is 101 Å². The fraction of sp³-hybridized carbons (Fsp3) is 0.250. The number of benzene rings is 3. The molecule has 0 saturated heterocycles. The molecule has 2 aliphatic carbocycles. The number of hydrogen-bond acceptors (Lipinski definition) is 5. The van der Waals surface area contributed by atoms with E-state index >= 15 is 0 Å². The lowest BCUT2D eigenvalue weighted by atomic mass is 9.83. The van der Waals surface area contributed by atoms with Gasteiger partial charge in [-0.2, -0.15) is 4.31 Å². The number of carbonyl (C=O) groups is 3. The van der Waals surface area contributed by atoms with Crippen LogP contribution in [-0.4, -0.2) is 43.3 Å². The molecule has 0 heterocycles. The molecule has 0 radical (unpaired) electrons. The van der Waals surface area contributed by atoms with E-state index < -0.39 is 15.9 Å². The first kappa shape index (κ1) is 24.1. The number of sulfonamides is 1. The Morgan fingerprint density at radius 3 is 2.08 bits per heavy atom. The third kappa shape index (κ3) is 4.16. The van der Waals surface area contributed by atoms with Crippen LogP contribution in [0.15, 0.2) is 71.6 Å². The van der Waals surface area contributed by atoms with Crippen molar-refractivity contribution < 1.29 is 22.8 Å². The highest BCUT2D eigenvalue weighted by atomic mass is 32.2. The molecular weight excluding hydrogens is 476 g/mol. The number of fused-ring (bicyclic) bond motifs is 2. The minimum Gasteiger partial charge on any atom is -0.321 e. The highest BCUT2D eigenvalue weighted by Crippen LogP contribution is 2.32. The molecular formula is C28H26N2O5S. The van der Waals surface area contributed by atoms with E-state index in [2.05, 4.69) is 5.32 Å². The number of rotatable bonds is 5. The molecule has 8 heteroatoms. The monoisotopic (exact) mass is 502 g/mol. The van der Waals surface area contributed by atoms with E-state index in [0.717, 1.165) is 32.1 Å². The van der Waals surface area contributed by atoms with Crippen LogP contribution in [0.25, 0.3) is 0 Å². The summed E-state index contributed by atoms with van der Waals surface area (Å²) in [6.07, 6.45) is 4.87. The second kappa shape index (κ2) is 9.44. The summed E-state index contributed by atoms with van der Waals surface area (Å²) in [4.78, 5) is 39.2. The minimum atomic E-state index is -3.67. The summed E-state index contributed by atoms with van der Waals surface area (Å²) < 4.78 is 27.6. The number of nitrogens with zero attached hydrogens (tertiary/aromatic N) is 1. The summed E-state index contributed by atoms with van der Waals surface area (Å²) in [6, 6.07) is 17.1. The van der Waals surface area contributed by atoms with Gasteiger partial charge in [0.2, 0.25) is 10.0 Å². The van der Waals surface area contributed by atoms with Crippen LogP contribution in [-0.2, 0) is 10.0 Å². The third-order valence-electron chi connectivity index (χ3n) is 7.08. The van der Waals surface area contributed by atoms with E-state index in [4.69, 9.17) is 0 Å². The Kier molecular flexibility index (Phi) is 6.32. The van der Waals surface area contributed by atoms with Crippen molar-refractivity contribution in [2.24, 2.45) is 0 Å². The second-order valence-corrected chi connectivity index (χ2v) is 11.2. The fourth-order valence-electron chi connectivity index (χ4n) is 5.03. The molecule has 7 nitrogen and oxygen atoms in total. The lowest BCUT2D eigenvalue weighted by Crippen LogP contribution is -2.38. The molecule has 2 aliphatic rings. The van der Waals surface area contributed by atoms with Gasteiger partial charge >= 0.3 is 0 Å². The summed E-state index contributed by atoms with van der Waals surface area (Å²) in [6.45, 7) is 0. The van der Waals surface area contributed by atoms with Crippen molar-refractivity contribution in [3.8, 4) is 0 Å². The first-order valence-electron chi connectivity index (χ1n) is 12.0. The van der Waals surface area contributed by atoms with Gasteiger partial charge in [0.05, 0.1) is 16.1 Å². The van der Waals surface area contributed by atoms with Gasteiger partial charge in [0.1, 0.15) is 0 Å². The highest BCUT2D eigenvalue weighted by molar-refractivity contribution is 7.89. The highest BCUT2D eigenvalue weighted by Gasteiger charge is 2.32. The van der Waals surface area contributed by atoms with Crippen LogP contribution in [0.4, 0.5) is 5.69 Å². The lowest BCUT2D eigenvalue weighted by Gasteiger charge is -2.30. The molecule has 0 aliphatic heterocycles. The quantitative estimate of drug-likeness (QED) is 0.428. The van der Waals surface area contributed by atoms with Crippen LogP contribution < -0.4 is 5.32 Å². The number of hydrogen-bond donors (Lipinski definition) is 1. The van der Waals surface area contributed by atoms with Gasteiger partial charge in [0, 0.05) is 35.3 Å². The molecule has 0 aromatic heterocycles. The summed E-state index contributed by atoms with van der Waals surface area (Å²) in [5.41, 5.74) is 1.51. The Hall–Kier alpha value is -3.62. The maximum absolute atomic E-state index is 13.2. The molecule has 184 valence electrons. The van der Waals surface area contributed by atoms with Gasteiger partial charge in [0.15, 0.2) is 11.6 Å². The molecule has 0 atom stereocenters. The Labute approximate surface area is 210 Å². The number of anilines is 1. The third-order valence-corrected chi connectivity index (χ3v) is 9.01. The predicted molar refractivity (Wildman–Crippen MR) is 136 cm³/mol. The van der Waals surface area contributed by atoms with E-state index in [1.54, 1.807) is 49.5 Å². The molecule has 3 aromatic rings. The number of amides is 1. The molecule has 36 heavy (non-hydrogen) atoms. The van der Waals surface area contributed by atoms with Crippen molar-refractivity contribution in [3.05, 3.63) is 94.5 Å². The van der Waals surface area contributed by atoms with Crippen LogP contribution in [0.3, 0.4) is 0 Å². The van der Waals surface area contributed by atoms with Crippen LogP contribution in [0, 0.1) is 0 Å². The summed E-state index contributed by atoms with van der Waals surface area (Å²) in [7, 11) is -2.06. The summed E-state index contributed by atoms with van der Waals surface area (Å²) >= 11 is 0.